The number of alkyl halides is 6. The maximum absolute atomic E-state index is 12.4. The molecule has 0 atom stereocenters. The fraction of sp³-hybridized carbons (Fsp3) is 0.250. The van der Waals surface area contributed by atoms with Gasteiger partial charge in [0.2, 0.25) is 0 Å². The van der Waals surface area contributed by atoms with Crippen LogP contribution in [0, 0.1) is 0 Å². The third kappa shape index (κ3) is 4.60. The average molecular weight is 297 g/mol. The van der Waals surface area contributed by atoms with Gasteiger partial charge in [0.1, 0.15) is 0 Å². The van der Waals surface area contributed by atoms with E-state index in [0.29, 0.717) is 0 Å². The van der Waals surface area contributed by atoms with Crippen molar-refractivity contribution in [1.82, 2.24) is 0 Å². The molecule has 0 amide bonds. The Hall–Kier alpha value is -1.99. The van der Waals surface area contributed by atoms with Crippen LogP contribution in [-0.2, 0) is 11.0 Å². The highest BCUT2D eigenvalue weighted by atomic mass is 19.4. The van der Waals surface area contributed by atoms with E-state index in [4.69, 9.17) is 0 Å². The number of ketones is 1. The summed E-state index contributed by atoms with van der Waals surface area (Å²) in [6.45, 7) is 1.14. The second-order valence-electron chi connectivity index (χ2n) is 3.89. The van der Waals surface area contributed by atoms with Crippen LogP contribution in [0.15, 0.2) is 36.0 Å². The summed E-state index contributed by atoms with van der Waals surface area (Å²) in [5, 5.41) is 2.30. The van der Waals surface area contributed by atoms with Gasteiger partial charge in [-0.25, -0.2) is 0 Å². The standard InChI is InChI=1S/C12H9F6NO/c1-7(5-10(20)12(16,17)18)19-9-4-2-3-8(6-9)11(13,14)15/h2-6,19H,1H3/b7-5-. The molecule has 0 heterocycles. The first kappa shape index (κ1) is 16.1. The Morgan fingerprint density at radius 3 is 2.25 bits per heavy atom. The van der Waals surface area contributed by atoms with Crippen LogP contribution in [0.25, 0.3) is 0 Å². The molecule has 0 aliphatic heterocycles. The Bertz CT molecular complexity index is 529. The van der Waals surface area contributed by atoms with Gasteiger partial charge in [0, 0.05) is 17.5 Å². The van der Waals surface area contributed by atoms with E-state index in [-0.39, 0.29) is 17.5 Å². The highest BCUT2D eigenvalue weighted by Gasteiger charge is 2.36. The SMILES string of the molecule is C/C(=C/C(=O)C(F)(F)F)Nc1cccc(C(F)(F)F)c1. The van der Waals surface area contributed by atoms with Gasteiger partial charge in [-0.15, -0.1) is 0 Å². The van der Waals surface area contributed by atoms with Crippen LogP contribution in [-0.4, -0.2) is 12.0 Å². The molecule has 0 saturated heterocycles. The topological polar surface area (TPSA) is 29.1 Å². The molecule has 0 aliphatic rings. The van der Waals surface area contributed by atoms with E-state index in [2.05, 4.69) is 5.32 Å². The van der Waals surface area contributed by atoms with E-state index in [0.717, 1.165) is 25.1 Å². The van der Waals surface area contributed by atoms with Crippen molar-refractivity contribution in [3.05, 3.63) is 41.6 Å². The summed E-state index contributed by atoms with van der Waals surface area (Å²) in [6.07, 6.45) is -9.30. The number of halogens is 6. The lowest BCUT2D eigenvalue weighted by atomic mass is 10.2. The number of anilines is 1. The largest absolute Gasteiger partial charge is 0.454 e. The van der Waals surface area contributed by atoms with Crippen molar-refractivity contribution in [3.8, 4) is 0 Å². The van der Waals surface area contributed by atoms with E-state index in [9.17, 15) is 31.1 Å². The van der Waals surface area contributed by atoms with E-state index in [1.807, 2.05) is 0 Å². The number of rotatable bonds is 3. The van der Waals surface area contributed by atoms with Crippen LogP contribution < -0.4 is 5.32 Å². The zero-order valence-electron chi connectivity index (χ0n) is 10.1. The minimum Gasteiger partial charge on any atom is -0.359 e. The maximum atomic E-state index is 12.4. The highest BCUT2D eigenvalue weighted by molar-refractivity contribution is 5.95. The van der Waals surface area contributed by atoms with Gasteiger partial charge in [0.25, 0.3) is 5.78 Å². The molecule has 1 rings (SSSR count). The molecule has 0 radical (unpaired) electrons. The summed E-state index contributed by atoms with van der Waals surface area (Å²) in [7, 11) is 0. The first-order chi connectivity index (χ1) is 9.00. The third-order valence-corrected chi connectivity index (χ3v) is 2.16. The fourth-order valence-corrected chi connectivity index (χ4v) is 1.32. The highest BCUT2D eigenvalue weighted by Crippen LogP contribution is 2.31. The van der Waals surface area contributed by atoms with Gasteiger partial charge in [0.05, 0.1) is 5.56 Å². The van der Waals surface area contributed by atoms with Crippen molar-refractivity contribution in [2.45, 2.75) is 19.3 Å². The van der Waals surface area contributed by atoms with E-state index in [1.54, 1.807) is 0 Å². The van der Waals surface area contributed by atoms with Gasteiger partial charge >= 0.3 is 12.4 Å². The molecular formula is C12H9F6NO. The number of hydrogen-bond donors (Lipinski definition) is 1. The van der Waals surface area contributed by atoms with Crippen LogP contribution in [0.3, 0.4) is 0 Å². The molecule has 8 heteroatoms. The lowest BCUT2D eigenvalue weighted by Gasteiger charge is -2.11. The summed E-state index contributed by atoms with van der Waals surface area (Å²) >= 11 is 0. The molecule has 1 N–H and O–H groups in total. The number of carbonyl (C=O) groups is 1. The van der Waals surface area contributed by atoms with Gasteiger partial charge in [-0.2, -0.15) is 26.3 Å². The van der Waals surface area contributed by atoms with E-state index >= 15 is 0 Å². The Kier molecular flexibility index (Phi) is 4.46. The first-order valence-corrected chi connectivity index (χ1v) is 5.24. The predicted molar refractivity (Wildman–Crippen MR) is 59.9 cm³/mol. The zero-order chi connectivity index (χ0) is 15.6. The molecule has 0 saturated carbocycles. The van der Waals surface area contributed by atoms with Crippen LogP contribution in [0.4, 0.5) is 32.0 Å². The minimum atomic E-state index is -5.02. The van der Waals surface area contributed by atoms with Crippen molar-refractivity contribution >= 4 is 11.5 Å². The van der Waals surface area contributed by atoms with Crippen LogP contribution in [0.2, 0.25) is 0 Å². The Morgan fingerprint density at radius 2 is 1.75 bits per heavy atom. The minimum absolute atomic E-state index is 0.0662. The summed E-state index contributed by atoms with van der Waals surface area (Å²) in [5.41, 5.74) is -1.23. The van der Waals surface area contributed by atoms with E-state index < -0.39 is 23.7 Å². The monoisotopic (exact) mass is 297 g/mol. The zero-order valence-corrected chi connectivity index (χ0v) is 10.1. The molecule has 0 aromatic heterocycles. The maximum Gasteiger partial charge on any atom is 0.454 e. The van der Waals surface area contributed by atoms with Crippen molar-refractivity contribution in [2.75, 3.05) is 5.32 Å². The number of nitrogens with one attached hydrogen (secondary N) is 1. The van der Waals surface area contributed by atoms with E-state index in [1.165, 1.54) is 6.07 Å². The summed E-state index contributed by atoms with van der Waals surface area (Å²) in [6, 6.07) is 3.90. The fourth-order valence-electron chi connectivity index (χ4n) is 1.32. The second kappa shape index (κ2) is 5.56. The summed E-state index contributed by atoms with van der Waals surface area (Å²) in [4.78, 5) is 10.7. The van der Waals surface area contributed by atoms with Crippen molar-refractivity contribution in [2.24, 2.45) is 0 Å². The lowest BCUT2D eigenvalue weighted by Crippen LogP contribution is -2.21. The van der Waals surface area contributed by atoms with Gasteiger partial charge in [-0.05, 0) is 25.1 Å². The number of carbonyl (C=O) groups excluding carboxylic acids is 1. The molecule has 0 fully saturated rings. The quantitative estimate of drug-likeness (QED) is 0.670. The molecule has 0 bridgehead atoms. The van der Waals surface area contributed by atoms with Gasteiger partial charge in [0.15, 0.2) is 0 Å². The molecule has 20 heavy (non-hydrogen) atoms. The average Bonchev–Trinajstić information content (AvgIpc) is 2.26. The van der Waals surface area contributed by atoms with Gasteiger partial charge < -0.3 is 5.32 Å². The van der Waals surface area contributed by atoms with Crippen LogP contribution >= 0.6 is 0 Å². The first-order valence-electron chi connectivity index (χ1n) is 5.24. The van der Waals surface area contributed by atoms with Crippen molar-refractivity contribution in [3.63, 3.8) is 0 Å². The molecule has 2 nitrogen and oxygen atoms in total. The molecule has 1 aromatic rings. The molecule has 0 aliphatic carbocycles. The van der Waals surface area contributed by atoms with Crippen molar-refractivity contribution < 1.29 is 31.1 Å². The summed E-state index contributed by atoms with van der Waals surface area (Å²) in [5.74, 6) is -2.09. The third-order valence-electron chi connectivity index (χ3n) is 2.16. The predicted octanol–water partition coefficient (Wildman–Crippen LogP) is 4.15. The van der Waals surface area contributed by atoms with Crippen molar-refractivity contribution in [1.29, 1.82) is 0 Å². The molecular weight excluding hydrogens is 288 g/mol. The molecule has 110 valence electrons. The Labute approximate surface area is 110 Å². The van der Waals surface area contributed by atoms with Crippen LogP contribution in [0.1, 0.15) is 12.5 Å². The van der Waals surface area contributed by atoms with Gasteiger partial charge in [-0.3, -0.25) is 4.79 Å². The molecule has 0 spiro atoms. The lowest BCUT2D eigenvalue weighted by molar-refractivity contribution is -0.165. The second-order valence-corrected chi connectivity index (χ2v) is 3.89. The van der Waals surface area contributed by atoms with Crippen LogP contribution in [0.5, 0.6) is 0 Å². The smallest absolute Gasteiger partial charge is 0.359 e. The number of benzene rings is 1. The normalized spacial score (nSPS) is 13.2. The summed E-state index contributed by atoms with van der Waals surface area (Å²) < 4.78 is 73.3. The van der Waals surface area contributed by atoms with Gasteiger partial charge in [-0.1, -0.05) is 6.07 Å². The molecule has 1 aromatic carbocycles. The number of hydrogen-bond acceptors (Lipinski definition) is 2. The molecule has 0 unspecified atom stereocenters. The Balaban J connectivity index is 2.89. The number of allylic oxidation sites excluding steroid dienone is 2. The Morgan fingerprint density at radius 1 is 1.15 bits per heavy atom.